The number of benzene rings is 1. The Kier molecular flexibility index (Phi) is 2.83. The van der Waals surface area contributed by atoms with Gasteiger partial charge in [0.2, 0.25) is 0 Å². The maximum Gasteiger partial charge on any atom is 0.258 e. The monoisotopic (exact) mass is 247 g/mol. The Bertz CT molecular complexity index is 469. The first-order valence-electron chi connectivity index (χ1n) is 6.28. The molecular formula is C13H17N3O2. The number of ether oxygens (including phenoxy) is 1. The number of primary amides is 1. The summed E-state index contributed by atoms with van der Waals surface area (Å²) < 4.78 is 5.51. The van der Waals surface area contributed by atoms with Gasteiger partial charge in [-0.3, -0.25) is 4.79 Å². The quantitative estimate of drug-likeness (QED) is 0.765. The van der Waals surface area contributed by atoms with Crippen molar-refractivity contribution < 1.29 is 9.53 Å². The molecule has 2 aliphatic heterocycles. The highest BCUT2D eigenvalue weighted by molar-refractivity contribution is 5.81. The molecule has 0 radical (unpaired) electrons. The van der Waals surface area contributed by atoms with E-state index in [2.05, 4.69) is 16.3 Å². The molecule has 3 rings (SSSR count). The first kappa shape index (κ1) is 11.3. The molecule has 1 saturated heterocycles. The van der Waals surface area contributed by atoms with Crippen molar-refractivity contribution in [2.75, 3.05) is 31.1 Å². The second kappa shape index (κ2) is 4.49. The summed E-state index contributed by atoms with van der Waals surface area (Å²) in [6.07, 6.45) is 0.0863. The largest absolute Gasteiger partial charge is 0.480 e. The van der Waals surface area contributed by atoms with Crippen LogP contribution in [0.4, 0.5) is 5.69 Å². The van der Waals surface area contributed by atoms with Crippen LogP contribution in [0.5, 0.6) is 5.75 Å². The van der Waals surface area contributed by atoms with Crippen LogP contribution in [0, 0.1) is 0 Å². The Hall–Kier alpha value is -1.75. The van der Waals surface area contributed by atoms with Gasteiger partial charge in [-0.1, -0.05) is 0 Å². The Balaban J connectivity index is 1.80. The second-order valence-electron chi connectivity index (χ2n) is 4.74. The normalized spacial score (nSPS) is 22.4. The van der Waals surface area contributed by atoms with Crippen LogP contribution in [0.1, 0.15) is 5.56 Å². The van der Waals surface area contributed by atoms with Gasteiger partial charge in [-0.05, 0) is 18.2 Å². The minimum absolute atomic E-state index is 0.394. The zero-order valence-electron chi connectivity index (χ0n) is 10.2. The second-order valence-corrected chi connectivity index (χ2v) is 4.74. The number of carbonyl (C=O) groups is 1. The molecule has 0 aromatic heterocycles. The summed E-state index contributed by atoms with van der Waals surface area (Å²) >= 11 is 0. The minimum Gasteiger partial charge on any atom is -0.480 e. The van der Waals surface area contributed by atoms with Crippen molar-refractivity contribution in [3.05, 3.63) is 23.8 Å². The average molecular weight is 247 g/mol. The van der Waals surface area contributed by atoms with E-state index < -0.39 is 12.0 Å². The average Bonchev–Trinajstić information content (AvgIpc) is 2.82. The molecule has 2 heterocycles. The summed E-state index contributed by atoms with van der Waals surface area (Å²) in [6.45, 7) is 4.05. The van der Waals surface area contributed by atoms with E-state index in [0.29, 0.717) is 6.42 Å². The van der Waals surface area contributed by atoms with E-state index in [-0.39, 0.29) is 0 Å². The molecule has 3 N–H and O–H groups in total. The lowest BCUT2D eigenvalue weighted by molar-refractivity contribution is -0.123. The van der Waals surface area contributed by atoms with Crippen molar-refractivity contribution in [3.8, 4) is 5.75 Å². The Morgan fingerprint density at radius 2 is 2.17 bits per heavy atom. The highest BCUT2D eigenvalue weighted by atomic mass is 16.5. The van der Waals surface area contributed by atoms with Gasteiger partial charge in [0, 0.05) is 43.9 Å². The molecule has 0 bridgehead atoms. The smallest absolute Gasteiger partial charge is 0.258 e. The van der Waals surface area contributed by atoms with Crippen LogP contribution in [-0.4, -0.2) is 38.2 Å². The number of anilines is 1. The van der Waals surface area contributed by atoms with Gasteiger partial charge >= 0.3 is 0 Å². The third-order valence-corrected chi connectivity index (χ3v) is 3.52. The van der Waals surface area contributed by atoms with E-state index >= 15 is 0 Å². The Labute approximate surface area is 106 Å². The molecule has 1 aromatic carbocycles. The molecular weight excluding hydrogens is 230 g/mol. The molecule has 96 valence electrons. The number of amides is 1. The molecule has 0 aliphatic carbocycles. The summed E-state index contributed by atoms with van der Waals surface area (Å²) in [5.41, 5.74) is 7.55. The van der Waals surface area contributed by atoms with Crippen molar-refractivity contribution >= 4 is 11.6 Å². The third kappa shape index (κ3) is 2.01. The maximum atomic E-state index is 11.1. The predicted octanol–water partition coefficient (Wildman–Crippen LogP) is -0.115. The van der Waals surface area contributed by atoms with Gasteiger partial charge in [0.05, 0.1) is 0 Å². The van der Waals surface area contributed by atoms with E-state index in [1.54, 1.807) is 0 Å². The minimum atomic E-state index is -0.502. The first-order valence-corrected chi connectivity index (χ1v) is 6.28. The Morgan fingerprint density at radius 1 is 1.39 bits per heavy atom. The lowest BCUT2D eigenvalue weighted by Crippen LogP contribution is -2.43. The van der Waals surface area contributed by atoms with Crippen LogP contribution < -0.4 is 20.7 Å². The third-order valence-electron chi connectivity index (χ3n) is 3.52. The van der Waals surface area contributed by atoms with Crippen molar-refractivity contribution in [3.63, 3.8) is 0 Å². The van der Waals surface area contributed by atoms with E-state index in [0.717, 1.165) is 37.5 Å². The fourth-order valence-electron chi connectivity index (χ4n) is 2.51. The van der Waals surface area contributed by atoms with Gasteiger partial charge in [-0.2, -0.15) is 0 Å². The molecule has 0 spiro atoms. The molecule has 1 aromatic rings. The highest BCUT2D eigenvalue weighted by Crippen LogP contribution is 2.32. The van der Waals surface area contributed by atoms with E-state index in [1.807, 2.05) is 12.1 Å². The molecule has 1 atom stereocenters. The van der Waals surface area contributed by atoms with E-state index in [9.17, 15) is 4.79 Å². The van der Waals surface area contributed by atoms with Crippen LogP contribution in [0.15, 0.2) is 18.2 Å². The molecule has 5 heteroatoms. The van der Waals surface area contributed by atoms with Crippen LogP contribution in [0.25, 0.3) is 0 Å². The van der Waals surface area contributed by atoms with Gasteiger partial charge in [-0.15, -0.1) is 0 Å². The van der Waals surface area contributed by atoms with E-state index in [1.165, 1.54) is 5.69 Å². The fraction of sp³-hybridized carbons (Fsp3) is 0.462. The van der Waals surface area contributed by atoms with Crippen LogP contribution in [0.3, 0.4) is 0 Å². The van der Waals surface area contributed by atoms with Gasteiger partial charge in [-0.25, -0.2) is 0 Å². The number of nitrogens with one attached hydrogen (secondary N) is 1. The maximum absolute atomic E-state index is 11.1. The van der Waals surface area contributed by atoms with Gasteiger partial charge in [0.1, 0.15) is 5.75 Å². The molecule has 1 fully saturated rings. The summed E-state index contributed by atoms with van der Waals surface area (Å²) in [6, 6.07) is 6.10. The summed E-state index contributed by atoms with van der Waals surface area (Å²) in [5.74, 6) is 0.396. The number of hydrogen-bond donors (Lipinski definition) is 2. The number of piperazine rings is 1. The molecule has 5 nitrogen and oxygen atoms in total. The standard InChI is InChI=1S/C13H17N3O2/c14-13(17)12-8-9-7-10(1-2-11(9)18-12)16-5-3-15-4-6-16/h1-2,7,12,15H,3-6,8H2,(H2,14,17)/t12-/m0/s1. The highest BCUT2D eigenvalue weighted by Gasteiger charge is 2.27. The van der Waals surface area contributed by atoms with Crippen molar-refractivity contribution in [2.45, 2.75) is 12.5 Å². The molecule has 2 aliphatic rings. The lowest BCUT2D eigenvalue weighted by Gasteiger charge is -2.29. The number of fused-ring (bicyclic) bond motifs is 1. The van der Waals surface area contributed by atoms with Crippen LogP contribution in [-0.2, 0) is 11.2 Å². The number of nitrogens with two attached hydrogens (primary N) is 1. The molecule has 0 saturated carbocycles. The number of nitrogens with zero attached hydrogens (tertiary/aromatic N) is 1. The molecule has 18 heavy (non-hydrogen) atoms. The predicted molar refractivity (Wildman–Crippen MR) is 68.8 cm³/mol. The van der Waals surface area contributed by atoms with Crippen molar-refractivity contribution in [2.24, 2.45) is 5.73 Å². The van der Waals surface area contributed by atoms with Crippen LogP contribution >= 0.6 is 0 Å². The summed E-state index contributed by atoms with van der Waals surface area (Å²) in [7, 11) is 0. The molecule has 0 unspecified atom stereocenters. The summed E-state index contributed by atoms with van der Waals surface area (Å²) in [5, 5.41) is 3.33. The fourth-order valence-corrected chi connectivity index (χ4v) is 2.51. The summed E-state index contributed by atoms with van der Waals surface area (Å²) in [4.78, 5) is 13.5. The van der Waals surface area contributed by atoms with Gasteiger partial charge in [0.15, 0.2) is 6.10 Å². The number of rotatable bonds is 2. The first-order chi connectivity index (χ1) is 8.74. The lowest BCUT2D eigenvalue weighted by atomic mass is 10.1. The van der Waals surface area contributed by atoms with Crippen LogP contribution in [0.2, 0.25) is 0 Å². The van der Waals surface area contributed by atoms with E-state index in [4.69, 9.17) is 10.5 Å². The van der Waals surface area contributed by atoms with Crippen molar-refractivity contribution in [1.29, 1.82) is 0 Å². The topological polar surface area (TPSA) is 67.6 Å². The zero-order chi connectivity index (χ0) is 12.5. The SMILES string of the molecule is NC(=O)[C@@H]1Cc2cc(N3CCNCC3)ccc2O1. The Morgan fingerprint density at radius 3 is 2.89 bits per heavy atom. The molecule has 1 amide bonds. The number of carbonyl (C=O) groups excluding carboxylic acids is 1. The number of hydrogen-bond acceptors (Lipinski definition) is 4. The van der Waals surface area contributed by atoms with Crippen molar-refractivity contribution in [1.82, 2.24) is 5.32 Å². The zero-order valence-corrected chi connectivity index (χ0v) is 10.2. The van der Waals surface area contributed by atoms with Gasteiger partial charge < -0.3 is 20.7 Å². The van der Waals surface area contributed by atoms with Gasteiger partial charge in [0.25, 0.3) is 5.91 Å².